The van der Waals surface area contributed by atoms with Crippen LogP contribution in [-0.2, 0) is 41.5 Å². The minimum absolute atomic E-state index is 0. The van der Waals surface area contributed by atoms with Crippen molar-refractivity contribution < 1.29 is 49.0 Å². The van der Waals surface area contributed by atoms with Gasteiger partial charge in [-0.3, -0.25) is 6.08 Å². The second kappa shape index (κ2) is 17.2. The quantitative estimate of drug-likeness (QED) is 0.165. The van der Waals surface area contributed by atoms with E-state index in [0.29, 0.717) is 5.92 Å². The number of hydrogen-bond donors (Lipinski definition) is 0. The van der Waals surface area contributed by atoms with E-state index in [0.717, 1.165) is 6.42 Å². The van der Waals surface area contributed by atoms with Crippen LogP contribution in [0.1, 0.15) is 88.8 Å². The molecule has 0 spiro atoms. The van der Waals surface area contributed by atoms with Gasteiger partial charge >= 0.3 is 99.2 Å². The van der Waals surface area contributed by atoms with Crippen LogP contribution in [0, 0.1) is 18.1 Å². The van der Waals surface area contributed by atoms with Crippen molar-refractivity contribution in [1.29, 1.82) is 0 Å². The molecule has 48 heavy (non-hydrogen) atoms. The summed E-state index contributed by atoms with van der Waals surface area (Å²) in [6.07, 6.45) is 6.84. The first-order valence-corrected chi connectivity index (χ1v) is 21.4. The normalized spacial score (nSPS) is 14.7. The van der Waals surface area contributed by atoms with Crippen LogP contribution in [0.15, 0.2) is 108 Å². The van der Waals surface area contributed by atoms with E-state index in [1.807, 2.05) is 0 Å². The van der Waals surface area contributed by atoms with Crippen LogP contribution in [0.3, 0.4) is 0 Å². The summed E-state index contributed by atoms with van der Waals surface area (Å²) in [7, 11) is -1.07. The predicted octanol–water partition coefficient (Wildman–Crippen LogP) is 5.65. The topological polar surface area (TPSA) is 0 Å². The summed E-state index contributed by atoms with van der Waals surface area (Å²) in [6.45, 7) is 25.2. The molecule has 6 rings (SSSR count). The van der Waals surface area contributed by atoms with Gasteiger partial charge in [-0.05, 0) is 25.5 Å². The van der Waals surface area contributed by atoms with Crippen molar-refractivity contribution in [3.8, 4) is 11.1 Å². The average Bonchev–Trinajstić information content (AvgIpc) is 3.55. The second-order valence-corrected chi connectivity index (χ2v) is 22.1. The fourth-order valence-electron chi connectivity index (χ4n) is 6.01. The first kappa shape index (κ1) is 42.1. The number of rotatable bonds is 3. The molecule has 2 aliphatic carbocycles. The molecule has 0 aromatic heterocycles. The van der Waals surface area contributed by atoms with E-state index in [1.165, 1.54) is 77.5 Å². The third kappa shape index (κ3) is 11.0. The van der Waals surface area contributed by atoms with Crippen molar-refractivity contribution in [2.24, 2.45) is 5.92 Å². The first-order chi connectivity index (χ1) is 21.4. The van der Waals surface area contributed by atoms with E-state index in [9.17, 15) is 0 Å². The SMILES string of the molecule is CC(C)(C)c1c[c-]c2c(c1)-c1cc(C(C)(C)C)ccc1C2.CC1=[C-]C(C)C=C1[Si](C)(C)C.[Cl-].[Cl-].[Zr+2]=[C](c1ccccc1)c1ccccc1. The third-order valence-corrected chi connectivity index (χ3v) is 12.3. The molecular formula is C44H52Cl2SiZr-2. The molecule has 0 saturated carbocycles. The second-order valence-electron chi connectivity index (χ2n) is 15.8. The molecule has 0 bridgehead atoms. The molecule has 0 aliphatic heterocycles. The summed E-state index contributed by atoms with van der Waals surface area (Å²) >= 11 is 1.46. The average molecular weight is 771 g/mol. The van der Waals surface area contributed by atoms with Crippen molar-refractivity contribution in [2.45, 2.75) is 92.3 Å². The molecule has 0 amide bonds. The van der Waals surface area contributed by atoms with Crippen molar-refractivity contribution >= 4 is 11.3 Å². The molecule has 1 atom stereocenters. The molecule has 252 valence electrons. The van der Waals surface area contributed by atoms with Gasteiger partial charge in [-0.15, -0.1) is 5.56 Å². The number of benzene rings is 4. The molecule has 0 heterocycles. The van der Waals surface area contributed by atoms with Gasteiger partial charge in [-0.25, -0.2) is 10.8 Å². The van der Waals surface area contributed by atoms with Gasteiger partial charge in [0.2, 0.25) is 0 Å². The van der Waals surface area contributed by atoms with Gasteiger partial charge in [0.05, 0.1) is 0 Å². The fourth-order valence-corrected chi connectivity index (χ4v) is 8.78. The van der Waals surface area contributed by atoms with Crippen molar-refractivity contribution in [1.82, 2.24) is 0 Å². The monoisotopic (exact) mass is 768 g/mol. The standard InChI is InChI=1S/C21H25.C13H10.C10H17Si.2ClH.Zr/c1-20(2,3)16-9-7-14-11-15-8-10-17(21(4,5)6)13-19(15)18(14)12-16;1-3-7-12(8-4-1)11-13-9-5-2-6-10-13;1-8-6-9(2)10(7-8)11(3,4)5;;;/h7,9-10,12-13H,11H2,1-6H3;1-10H;7-8H,1-5H3;2*1H;/q-1;;-1;;;+2/p-2. The number of allylic oxidation sites excluding steroid dienone is 4. The molecule has 4 aromatic rings. The predicted molar refractivity (Wildman–Crippen MR) is 200 cm³/mol. The maximum atomic E-state index is 3.53. The van der Waals surface area contributed by atoms with Crippen LogP contribution >= 0.6 is 0 Å². The molecular weight excluding hydrogens is 719 g/mol. The summed E-state index contributed by atoms with van der Waals surface area (Å²) in [4.78, 5) is 0. The Morgan fingerprint density at radius 2 is 1.23 bits per heavy atom. The van der Waals surface area contributed by atoms with Gasteiger partial charge in [0, 0.05) is 0 Å². The summed E-state index contributed by atoms with van der Waals surface area (Å²) in [5.41, 5.74) is 12.8. The maximum absolute atomic E-state index is 3.53. The molecule has 0 nitrogen and oxygen atoms in total. The Bertz CT molecular complexity index is 1630. The zero-order valence-corrected chi connectivity index (χ0v) is 35.7. The summed E-state index contributed by atoms with van der Waals surface area (Å²) in [5, 5.41) is 1.60. The summed E-state index contributed by atoms with van der Waals surface area (Å²) in [5.74, 6) is 0.553. The molecule has 0 saturated heterocycles. The van der Waals surface area contributed by atoms with Crippen molar-refractivity contribution in [3.05, 3.63) is 153 Å². The third-order valence-electron chi connectivity index (χ3n) is 8.72. The van der Waals surface area contributed by atoms with E-state index in [4.69, 9.17) is 0 Å². The molecule has 1 unspecified atom stereocenters. The number of hydrogen-bond acceptors (Lipinski definition) is 0. The van der Waals surface area contributed by atoms with Gasteiger partial charge in [0.25, 0.3) is 0 Å². The van der Waals surface area contributed by atoms with Gasteiger partial charge in [0.1, 0.15) is 0 Å². The van der Waals surface area contributed by atoms with E-state index in [2.05, 4.69) is 184 Å². The fraction of sp³-hybridized carbons (Fsp3) is 0.341. The molecule has 0 fully saturated rings. The van der Waals surface area contributed by atoms with Crippen LogP contribution in [0.5, 0.6) is 0 Å². The van der Waals surface area contributed by atoms with Crippen LogP contribution in [0.25, 0.3) is 11.1 Å². The molecule has 2 aliphatic rings. The summed E-state index contributed by atoms with van der Waals surface area (Å²) in [6, 6.07) is 36.2. The van der Waals surface area contributed by atoms with E-state index in [-0.39, 0.29) is 35.6 Å². The molecule has 0 N–H and O–H groups in total. The Labute approximate surface area is 320 Å². The van der Waals surface area contributed by atoms with Crippen molar-refractivity contribution in [3.63, 3.8) is 0 Å². The van der Waals surface area contributed by atoms with Crippen LogP contribution < -0.4 is 24.8 Å². The molecule has 4 heteroatoms. The molecule has 0 radical (unpaired) electrons. The Morgan fingerprint density at radius 1 is 0.729 bits per heavy atom. The zero-order valence-electron chi connectivity index (χ0n) is 30.8. The van der Waals surface area contributed by atoms with Crippen LogP contribution in [0.2, 0.25) is 19.6 Å². The van der Waals surface area contributed by atoms with E-state index < -0.39 is 8.07 Å². The van der Waals surface area contributed by atoms with Gasteiger partial charge in [-0.1, -0.05) is 116 Å². The number of halogens is 2. The Hall–Kier alpha value is -2.09. The Kier molecular flexibility index (Phi) is 15.1. The van der Waals surface area contributed by atoms with E-state index >= 15 is 0 Å². The minimum atomic E-state index is -1.07. The van der Waals surface area contributed by atoms with Gasteiger partial charge in [-0.2, -0.15) is 35.4 Å². The first-order valence-electron chi connectivity index (χ1n) is 16.7. The zero-order chi connectivity index (χ0) is 33.9. The van der Waals surface area contributed by atoms with Gasteiger partial charge < -0.3 is 24.8 Å². The van der Waals surface area contributed by atoms with Crippen LogP contribution in [0.4, 0.5) is 0 Å². The Balaban J connectivity index is 0.000000260. The summed E-state index contributed by atoms with van der Waals surface area (Å²) < 4.78 is 1.42. The van der Waals surface area contributed by atoms with E-state index in [1.54, 1.807) is 5.20 Å². The van der Waals surface area contributed by atoms with Crippen LogP contribution in [-0.4, -0.2) is 11.3 Å². The van der Waals surface area contributed by atoms with Crippen molar-refractivity contribution in [2.75, 3.05) is 0 Å². The molecule has 4 aromatic carbocycles. The van der Waals surface area contributed by atoms with Gasteiger partial charge in [0.15, 0.2) is 0 Å². The Morgan fingerprint density at radius 3 is 1.65 bits per heavy atom. The number of fused-ring (bicyclic) bond motifs is 3.